The van der Waals surface area contributed by atoms with Gasteiger partial charge in [-0.05, 0) is 30.3 Å². The summed E-state index contributed by atoms with van der Waals surface area (Å²) in [4.78, 5) is 5.32. The predicted molar refractivity (Wildman–Crippen MR) is 83.6 cm³/mol. The van der Waals surface area contributed by atoms with Gasteiger partial charge in [0.15, 0.2) is 0 Å². The molecule has 0 aliphatic heterocycles. The van der Waals surface area contributed by atoms with E-state index >= 15 is 0 Å². The zero-order valence-electron chi connectivity index (χ0n) is 10.8. The molecule has 0 aliphatic rings. The molecule has 3 aromatic rings. The van der Waals surface area contributed by atoms with Gasteiger partial charge in [0.1, 0.15) is 0 Å². The molecule has 3 heteroatoms. The molecule has 0 saturated carbocycles. The molecular weight excluding hydrogens is 266 g/mol. The third-order valence-electron chi connectivity index (χ3n) is 2.96. The summed E-state index contributed by atoms with van der Waals surface area (Å²) < 4.78 is 12.1. The summed E-state index contributed by atoms with van der Waals surface area (Å²) in [6, 6.07) is 21.3. The Kier molecular flexibility index (Phi) is 3.70. The molecule has 1 heterocycles. The number of hydrogen-bond donors (Lipinski definition) is 0. The number of hydrogen-bond acceptors (Lipinski definition) is 2. The van der Waals surface area contributed by atoms with Gasteiger partial charge in [-0.1, -0.05) is 42.5 Å². The lowest BCUT2D eigenvalue weighted by atomic mass is 10.2. The Balaban J connectivity index is 1.85. The Labute approximate surface area is 120 Å². The molecule has 98 valence electrons. The van der Waals surface area contributed by atoms with Crippen LogP contribution in [0.5, 0.6) is 0 Å². The van der Waals surface area contributed by atoms with Crippen molar-refractivity contribution in [1.82, 2.24) is 4.98 Å². The molecule has 0 amide bonds. The number of para-hydroxylation sites is 1. The Morgan fingerprint density at radius 1 is 0.850 bits per heavy atom. The first-order valence-corrected chi connectivity index (χ1v) is 7.54. The Bertz CT molecular complexity index is 781. The Morgan fingerprint density at radius 3 is 2.45 bits per heavy atom. The van der Waals surface area contributed by atoms with Crippen molar-refractivity contribution in [2.45, 2.75) is 4.90 Å². The summed E-state index contributed by atoms with van der Waals surface area (Å²) in [6.45, 7) is 0. The number of benzene rings is 2. The molecule has 0 aliphatic carbocycles. The van der Waals surface area contributed by atoms with Gasteiger partial charge in [-0.15, -0.1) is 0 Å². The van der Waals surface area contributed by atoms with E-state index in [1.807, 2.05) is 66.7 Å². The van der Waals surface area contributed by atoms with E-state index in [0.29, 0.717) is 0 Å². The summed E-state index contributed by atoms with van der Waals surface area (Å²) in [5.74, 6) is 0. The molecule has 0 saturated heterocycles. The van der Waals surface area contributed by atoms with E-state index in [1.54, 1.807) is 11.5 Å². The van der Waals surface area contributed by atoms with Gasteiger partial charge < -0.3 is 0 Å². The monoisotopic (exact) mass is 279 g/mol. The Hall–Kier alpha value is -2.26. The van der Waals surface area contributed by atoms with Crippen LogP contribution in [0.3, 0.4) is 0 Å². The molecule has 3 rings (SSSR count). The van der Waals surface area contributed by atoms with Crippen LogP contribution in [0.25, 0.3) is 17.0 Å². The van der Waals surface area contributed by atoms with Crippen LogP contribution in [0, 0.1) is 0 Å². The van der Waals surface area contributed by atoms with Crippen molar-refractivity contribution in [3.63, 3.8) is 0 Å². The maximum Gasteiger partial charge on any atom is 0.0776 e. The van der Waals surface area contributed by atoms with Crippen molar-refractivity contribution in [2.24, 2.45) is 0 Å². The number of aromatic nitrogens is 1. The minimum absolute atomic E-state index is 0.796. The fraction of sp³-hybridized carbons (Fsp3) is 0. The molecule has 0 bridgehead atoms. The maximum atomic E-state index is 12.1. The van der Waals surface area contributed by atoms with Gasteiger partial charge in [0.2, 0.25) is 0 Å². The predicted octanol–water partition coefficient (Wildman–Crippen LogP) is 4.01. The second-order valence-corrected chi connectivity index (χ2v) is 5.68. The highest BCUT2D eigenvalue weighted by molar-refractivity contribution is 7.88. The van der Waals surface area contributed by atoms with Gasteiger partial charge in [0, 0.05) is 15.7 Å². The Morgan fingerprint density at radius 2 is 1.60 bits per heavy atom. The second-order valence-electron chi connectivity index (χ2n) is 4.34. The number of pyridine rings is 1. The summed E-state index contributed by atoms with van der Waals surface area (Å²) >= 11 is 0. The van der Waals surface area contributed by atoms with Crippen molar-refractivity contribution in [3.05, 3.63) is 77.8 Å². The van der Waals surface area contributed by atoms with Gasteiger partial charge in [0.05, 0.1) is 22.0 Å². The minimum atomic E-state index is -1.14. The van der Waals surface area contributed by atoms with E-state index < -0.39 is 10.8 Å². The third kappa shape index (κ3) is 2.83. The minimum Gasteiger partial charge on any atom is -0.250 e. The van der Waals surface area contributed by atoms with E-state index in [4.69, 9.17) is 0 Å². The van der Waals surface area contributed by atoms with Crippen molar-refractivity contribution in [1.29, 1.82) is 0 Å². The van der Waals surface area contributed by atoms with Crippen molar-refractivity contribution in [3.8, 4) is 0 Å². The zero-order chi connectivity index (χ0) is 13.8. The van der Waals surface area contributed by atoms with E-state index in [2.05, 4.69) is 4.98 Å². The summed E-state index contributed by atoms with van der Waals surface area (Å²) in [5, 5.41) is 2.78. The van der Waals surface area contributed by atoms with Gasteiger partial charge in [-0.25, -0.2) is 9.19 Å². The molecule has 0 spiro atoms. The zero-order valence-corrected chi connectivity index (χ0v) is 11.6. The molecule has 0 N–H and O–H groups in total. The van der Waals surface area contributed by atoms with E-state index in [0.717, 1.165) is 21.5 Å². The molecule has 2 nitrogen and oxygen atoms in total. The van der Waals surface area contributed by atoms with Gasteiger partial charge >= 0.3 is 0 Å². The van der Waals surface area contributed by atoms with Gasteiger partial charge in [-0.2, -0.15) is 0 Å². The largest absolute Gasteiger partial charge is 0.250 e. The standard InChI is InChI=1S/C17H13NOS/c19-20(16-7-2-1-3-8-16)13-12-15-11-10-14-6-4-5-9-17(14)18-15/h1-13H/b13-12-. The summed E-state index contributed by atoms with van der Waals surface area (Å²) in [7, 11) is -1.14. The molecule has 20 heavy (non-hydrogen) atoms. The van der Waals surface area contributed by atoms with E-state index in [-0.39, 0.29) is 0 Å². The van der Waals surface area contributed by atoms with Crippen LogP contribution < -0.4 is 0 Å². The third-order valence-corrected chi connectivity index (χ3v) is 4.08. The quantitative estimate of drug-likeness (QED) is 0.725. The first kappa shape index (κ1) is 12.8. The van der Waals surface area contributed by atoms with Gasteiger partial charge in [0.25, 0.3) is 0 Å². The second kappa shape index (κ2) is 5.80. The molecule has 0 radical (unpaired) electrons. The van der Waals surface area contributed by atoms with E-state index in [9.17, 15) is 4.21 Å². The molecule has 0 fully saturated rings. The van der Waals surface area contributed by atoms with Gasteiger partial charge in [-0.3, -0.25) is 0 Å². The highest BCUT2D eigenvalue weighted by Gasteiger charge is 1.99. The SMILES string of the molecule is O=S(/C=C\c1ccc2ccccc2n1)c1ccccc1. The molecule has 2 aromatic carbocycles. The smallest absolute Gasteiger partial charge is 0.0776 e. The summed E-state index contributed by atoms with van der Waals surface area (Å²) in [5.41, 5.74) is 1.76. The normalized spacial score (nSPS) is 12.8. The summed E-state index contributed by atoms with van der Waals surface area (Å²) in [6.07, 6.45) is 1.80. The van der Waals surface area contributed by atoms with Crippen molar-refractivity contribution < 1.29 is 4.21 Å². The first-order valence-electron chi connectivity index (χ1n) is 6.32. The average Bonchev–Trinajstić information content (AvgIpc) is 2.53. The molecule has 1 atom stereocenters. The fourth-order valence-corrected chi connectivity index (χ4v) is 2.78. The average molecular weight is 279 g/mol. The molecule has 1 unspecified atom stereocenters. The van der Waals surface area contributed by atoms with Crippen LogP contribution in [0.4, 0.5) is 0 Å². The lowest BCUT2D eigenvalue weighted by Gasteiger charge is -1.99. The topological polar surface area (TPSA) is 30.0 Å². The van der Waals surface area contributed by atoms with Crippen LogP contribution in [0.1, 0.15) is 5.69 Å². The van der Waals surface area contributed by atoms with Crippen LogP contribution in [0.15, 0.2) is 77.0 Å². The lowest BCUT2D eigenvalue weighted by molar-refractivity contribution is 0.688. The molecule has 1 aromatic heterocycles. The molecular formula is C17H13NOS. The fourth-order valence-electron chi connectivity index (χ4n) is 1.94. The number of rotatable bonds is 3. The van der Waals surface area contributed by atoms with Crippen LogP contribution in [-0.2, 0) is 10.8 Å². The van der Waals surface area contributed by atoms with E-state index in [1.165, 1.54) is 0 Å². The van der Waals surface area contributed by atoms with Crippen LogP contribution >= 0.6 is 0 Å². The number of nitrogens with zero attached hydrogens (tertiary/aromatic N) is 1. The highest BCUT2D eigenvalue weighted by Crippen LogP contribution is 2.13. The van der Waals surface area contributed by atoms with Crippen LogP contribution in [0.2, 0.25) is 0 Å². The maximum absolute atomic E-state index is 12.1. The van der Waals surface area contributed by atoms with Crippen molar-refractivity contribution >= 4 is 27.8 Å². The highest BCUT2D eigenvalue weighted by atomic mass is 32.2. The van der Waals surface area contributed by atoms with Crippen LogP contribution in [-0.4, -0.2) is 9.19 Å². The van der Waals surface area contributed by atoms with Crippen molar-refractivity contribution in [2.75, 3.05) is 0 Å². The lowest BCUT2D eigenvalue weighted by Crippen LogP contribution is -1.86. The first-order chi connectivity index (χ1) is 9.83. The number of fused-ring (bicyclic) bond motifs is 1.